The van der Waals surface area contributed by atoms with E-state index in [0.717, 1.165) is 17.5 Å². The van der Waals surface area contributed by atoms with E-state index in [0.29, 0.717) is 6.04 Å². The number of aromatic nitrogens is 1. The van der Waals surface area contributed by atoms with Crippen LogP contribution in [0.1, 0.15) is 18.5 Å². The Morgan fingerprint density at radius 2 is 2.14 bits per heavy atom. The quantitative estimate of drug-likeness (QED) is 0.944. The molecule has 2 atom stereocenters. The van der Waals surface area contributed by atoms with Crippen LogP contribution in [0, 0.1) is 5.92 Å². The summed E-state index contributed by atoms with van der Waals surface area (Å²) in [5.41, 5.74) is 2.45. The highest BCUT2D eigenvalue weighted by atomic mass is 32.1. The van der Waals surface area contributed by atoms with Crippen molar-refractivity contribution in [3.8, 4) is 10.6 Å². The topological polar surface area (TPSA) is 28.2 Å². The summed E-state index contributed by atoms with van der Waals surface area (Å²) in [7, 11) is 0. The average molecular weight is 299 g/mol. The van der Waals surface area contributed by atoms with Gasteiger partial charge in [-0.25, -0.2) is 4.98 Å². The van der Waals surface area contributed by atoms with Crippen molar-refractivity contribution in [3.63, 3.8) is 0 Å². The molecule has 0 bridgehead atoms. The lowest BCUT2D eigenvalue weighted by Crippen LogP contribution is -2.40. The first kappa shape index (κ1) is 13.4. The van der Waals surface area contributed by atoms with Crippen LogP contribution in [0.5, 0.6) is 0 Å². The molecular formula is C17H21N3S. The van der Waals surface area contributed by atoms with Crippen molar-refractivity contribution in [2.75, 3.05) is 19.6 Å². The van der Waals surface area contributed by atoms with Crippen molar-refractivity contribution in [1.82, 2.24) is 15.2 Å². The molecule has 1 aromatic carbocycles. The zero-order chi connectivity index (χ0) is 14.1. The molecule has 0 amide bonds. The predicted octanol–water partition coefficient (Wildman–Crippen LogP) is 2.99. The molecule has 3 nitrogen and oxygen atoms in total. The Bertz CT molecular complexity index is 581. The SMILES string of the molecule is c1ccc(-c2nc(CN3CC4CCCNC4C3)cs2)cc1. The molecule has 1 aromatic heterocycles. The molecule has 1 N–H and O–H groups in total. The van der Waals surface area contributed by atoms with E-state index < -0.39 is 0 Å². The third kappa shape index (κ3) is 2.89. The van der Waals surface area contributed by atoms with E-state index >= 15 is 0 Å². The number of benzene rings is 1. The molecule has 2 aromatic rings. The van der Waals surface area contributed by atoms with Gasteiger partial charge in [0, 0.05) is 36.6 Å². The lowest BCUT2D eigenvalue weighted by atomic mass is 9.94. The number of likely N-dealkylation sites (tertiary alicyclic amines) is 1. The maximum Gasteiger partial charge on any atom is 0.123 e. The van der Waals surface area contributed by atoms with Gasteiger partial charge in [0.25, 0.3) is 0 Å². The van der Waals surface area contributed by atoms with Crippen LogP contribution in [0.2, 0.25) is 0 Å². The summed E-state index contributed by atoms with van der Waals surface area (Å²) in [5.74, 6) is 0.853. The van der Waals surface area contributed by atoms with Gasteiger partial charge in [0.05, 0.1) is 5.69 Å². The average Bonchev–Trinajstić information content (AvgIpc) is 3.14. The smallest absolute Gasteiger partial charge is 0.123 e. The second-order valence-corrected chi connectivity index (χ2v) is 7.03. The Morgan fingerprint density at radius 3 is 3.00 bits per heavy atom. The Balaban J connectivity index is 1.43. The molecule has 2 aliphatic rings. The monoisotopic (exact) mass is 299 g/mol. The summed E-state index contributed by atoms with van der Waals surface area (Å²) < 4.78 is 0. The van der Waals surface area contributed by atoms with Crippen molar-refractivity contribution < 1.29 is 0 Å². The van der Waals surface area contributed by atoms with Crippen molar-refractivity contribution in [2.24, 2.45) is 5.92 Å². The summed E-state index contributed by atoms with van der Waals surface area (Å²) in [4.78, 5) is 7.38. The van der Waals surface area contributed by atoms with Crippen LogP contribution in [-0.4, -0.2) is 35.6 Å². The van der Waals surface area contributed by atoms with Gasteiger partial charge < -0.3 is 5.32 Å². The number of rotatable bonds is 3. The molecule has 4 heteroatoms. The third-order valence-electron chi connectivity index (χ3n) is 4.63. The van der Waals surface area contributed by atoms with E-state index in [-0.39, 0.29) is 0 Å². The van der Waals surface area contributed by atoms with Crippen LogP contribution in [0.25, 0.3) is 10.6 Å². The van der Waals surface area contributed by atoms with Gasteiger partial charge in [-0.15, -0.1) is 11.3 Å². The first-order valence-electron chi connectivity index (χ1n) is 7.84. The highest BCUT2D eigenvalue weighted by Crippen LogP contribution is 2.28. The molecule has 21 heavy (non-hydrogen) atoms. The highest BCUT2D eigenvalue weighted by Gasteiger charge is 2.34. The summed E-state index contributed by atoms with van der Waals surface area (Å²) in [6, 6.07) is 11.2. The third-order valence-corrected chi connectivity index (χ3v) is 5.57. The zero-order valence-electron chi connectivity index (χ0n) is 12.2. The highest BCUT2D eigenvalue weighted by molar-refractivity contribution is 7.13. The van der Waals surface area contributed by atoms with E-state index in [2.05, 4.69) is 45.9 Å². The molecule has 3 heterocycles. The Morgan fingerprint density at radius 1 is 1.24 bits per heavy atom. The van der Waals surface area contributed by atoms with Gasteiger partial charge in [-0.2, -0.15) is 0 Å². The minimum Gasteiger partial charge on any atom is -0.312 e. The van der Waals surface area contributed by atoms with Gasteiger partial charge in [-0.1, -0.05) is 30.3 Å². The molecule has 0 aliphatic carbocycles. The largest absolute Gasteiger partial charge is 0.312 e. The molecule has 0 radical (unpaired) electrons. The zero-order valence-corrected chi connectivity index (χ0v) is 13.0. The second kappa shape index (κ2) is 5.87. The number of hydrogen-bond donors (Lipinski definition) is 1. The van der Waals surface area contributed by atoms with E-state index in [4.69, 9.17) is 4.98 Å². The number of nitrogens with zero attached hydrogens (tertiary/aromatic N) is 2. The maximum atomic E-state index is 4.82. The van der Waals surface area contributed by atoms with Crippen LogP contribution >= 0.6 is 11.3 Å². The standard InChI is InChI=1S/C17H21N3S/c1-2-5-13(6-3-1)17-19-15(12-21-17)10-20-9-14-7-4-8-18-16(14)11-20/h1-3,5-6,12,14,16,18H,4,7-11H2. The lowest BCUT2D eigenvalue weighted by Gasteiger charge is -2.24. The summed E-state index contributed by atoms with van der Waals surface area (Å²) in [6.07, 6.45) is 2.73. The molecule has 4 rings (SSSR count). The van der Waals surface area contributed by atoms with Gasteiger partial charge in [-0.3, -0.25) is 4.90 Å². The predicted molar refractivity (Wildman–Crippen MR) is 87.3 cm³/mol. The second-order valence-electron chi connectivity index (χ2n) is 6.17. The number of thiazole rings is 1. The summed E-state index contributed by atoms with van der Waals surface area (Å²) in [6.45, 7) is 4.61. The molecule has 2 fully saturated rings. The van der Waals surface area contributed by atoms with Gasteiger partial charge in [0.15, 0.2) is 0 Å². The number of fused-ring (bicyclic) bond motifs is 1. The fraction of sp³-hybridized carbons (Fsp3) is 0.471. The van der Waals surface area contributed by atoms with Crippen LogP contribution in [0.4, 0.5) is 0 Å². The number of nitrogens with one attached hydrogen (secondary N) is 1. The number of hydrogen-bond acceptors (Lipinski definition) is 4. The van der Waals surface area contributed by atoms with Crippen LogP contribution in [-0.2, 0) is 6.54 Å². The molecule has 0 saturated carbocycles. The minimum absolute atomic E-state index is 0.714. The van der Waals surface area contributed by atoms with E-state index in [1.807, 2.05) is 0 Å². The lowest BCUT2D eigenvalue weighted by molar-refractivity contribution is 0.310. The van der Waals surface area contributed by atoms with Crippen molar-refractivity contribution in [1.29, 1.82) is 0 Å². The van der Waals surface area contributed by atoms with Gasteiger partial charge >= 0.3 is 0 Å². The summed E-state index contributed by atoms with van der Waals surface area (Å²) in [5, 5.41) is 7.03. The maximum absolute atomic E-state index is 4.82. The van der Waals surface area contributed by atoms with Crippen LogP contribution in [0.3, 0.4) is 0 Å². The minimum atomic E-state index is 0.714. The first-order chi connectivity index (χ1) is 10.4. The molecule has 110 valence electrons. The molecule has 0 spiro atoms. The molecule has 2 unspecified atom stereocenters. The summed E-state index contributed by atoms with van der Waals surface area (Å²) >= 11 is 1.76. The van der Waals surface area contributed by atoms with Gasteiger partial charge in [0.1, 0.15) is 5.01 Å². The molecule has 2 saturated heterocycles. The Hall–Kier alpha value is -1.23. The van der Waals surface area contributed by atoms with E-state index in [9.17, 15) is 0 Å². The molecule has 2 aliphatic heterocycles. The van der Waals surface area contributed by atoms with Gasteiger partial charge in [-0.05, 0) is 25.3 Å². The van der Waals surface area contributed by atoms with Gasteiger partial charge in [0.2, 0.25) is 0 Å². The normalized spacial score (nSPS) is 25.9. The first-order valence-corrected chi connectivity index (χ1v) is 8.72. The number of piperidine rings is 1. The van der Waals surface area contributed by atoms with Crippen molar-refractivity contribution in [3.05, 3.63) is 41.4 Å². The van der Waals surface area contributed by atoms with Crippen LogP contribution in [0.15, 0.2) is 35.7 Å². The molecular weight excluding hydrogens is 278 g/mol. The van der Waals surface area contributed by atoms with Crippen molar-refractivity contribution in [2.45, 2.75) is 25.4 Å². The fourth-order valence-corrected chi connectivity index (χ4v) is 4.40. The Labute approximate surface area is 130 Å². The van der Waals surface area contributed by atoms with E-state index in [1.165, 1.54) is 43.7 Å². The van der Waals surface area contributed by atoms with Crippen LogP contribution < -0.4 is 5.32 Å². The van der Waals surface area contributed by atoms with E-state index in [1.54, 1.807) is 11.3 Å². The fourth-order valence-electron chi connectivity index (χ4n) is 3.59. The van der Waals surface area contributed by atoms with Crippen molar-refractivity contribution >= 4 is 11.3 Å². The Kier molecular flexibility index (Phi) is 3.76.